The molecule has 13 heteroatoms. The van der Waals surface area contributed by atoms with Gasteiger partial charge in [0.1, 0.15) is 18.1 Å². The van der Waals surface area contributed by atoms with E-state index in [9.17, 15) is 24.0 Å². The Hall–Kier alpha value is -1.99. The van der Waals surface area contributed by atoms with E-state index in [1.165, 1.54) is 11.8 Å². The summed E-state index contributed by atoms with van der Waals surface area (Å²) in [6, 6.07) is -4.44. The highest BCUT2D eigenvalue weighted by Crippen LogP contribution is 2.10. The van der Waals surface area contributed by atoms with Crippen LogP contribution < -0.4 is 27.4 Å². The molecule has 178 valence electrons. The van der Waals surface area contributed by atoms with Gasteiger partial charge in [-0.3, -0.25) is 19.2 Å². The number of primary amides is 1. The summed E-state index contributed by atoms with van der Waals surface area (Å²) in [5.74, 6) is -3.89. The third-order valence-corrected chi connectivity index (χ3v) is 5.60. The molecule has 0 aliphatic rings. The minimum absolute atomic E-state index is 0.117. The number of hydrogen-bond acceptors (Lipinski definition) is 8. The standard InChI is InChI=1S/C18H33N5O6S2/c1-4-9(2)14(23-15(25)10(19)7-13(20)24)17(27)21-11(5-6-31-3)16(26)22-12(8-30)18(28)29/h9-12,14,30H,4-8,19H2,1-3H3,(H2,20,24)(H,21,27)(H,22,26)(H,23,25)(H,28,29). The zero-order valence-electron chi connectivity index (χ0n) is 17.9. The first kappa shape index (κ1) is 29.0. The second-order valence-electron chi connectivity index (χ2n) is 7.07. The number of hydrogen-bond donors (Lipinski definition) is 7. The average Bonchev–Trinajstić information content (AvgIpc) is 2.71. The molecular weight excluding hydrogens is 446 g/mol. The van der Waals surface area contributed by atoms with Crippen molar-refractivity contribution in [2.24, 2.45) is 17.4 Å². The van der Waals surface area contributed by atoms with Gasteiger partial charge >= 0.3 is 5.97 Å². The smallest absolute Gasteiger partial charge is 0.327 e. The second-order valence-corrected chi connectivity index (χ2v) is 8.42. The van der Waals surface area contributed by atoms with Crippen molar-refractivity contribution in [2.75, 3.05) is 17.8 Å². The molecule has 4 amide bonds. The van der Waals surface area contributed by atoms with Crippen molar-refractivity contribution in [3.05, 3.63) is 0 Å². The molecule has 0 fully saturated rings. The number of carboxylic acid groups (broad SMARTS) is 1. The lowest BCUT2D eigenvalue weighted by Crippen LogP contribution is -2.59. The molecule has 5 atom stereocenters. The Labute approximate surface area is 191 Å². The molecule has 0 rings (SSSR count). The molecule has 0 aliphatic heterocycles. The van der Waals surface area contributed by atoms with Gasteiger partial charge in [0.25, 0.3) is 0 Å². The number of aliphatic carboxylic acids is 1. The van der Waals surface area contributed by atoms with Crippen LogP contribution in [0.1, 0.15) is 33.1 Å². The van der Waals surface area contributed by atoms with Gasteiger partial charge in [0.2, 0.25) is 23.6 Å². The third-order valence-electron chi connectivity index (χ3n) is 4.59. The van der Waals surface area contributed by atoms with E-state index in [1.807, 2.05) is 13.2 Å². The first-order valence-corrected chi connectivity index (χ1v) is 11.8. The summed E-state index contributed by atoms with van der Waals surface area (Å²) in [6.45, 7) is 3.56. The van der Waals surface area contributed by atoms with Crippen LogP contribution in [-0.4, -0.2) is 76.6 Å². The van der Waals surface area contributed by atoms with Gasteiger partial charge in [0.15, 0.2) is 0 Å². The van der Waals surface area contributed by atoms with E-state index in [1.54, 1.807) is 6.92 Å². The van der Waals surface area contributed by atoms with Crippen LogP contribution in [0.2, 0.25) is 0 Å². The molecule has 0 bridgehead atoms. The van der Waals surface area contributed by atoms with Gasteiger partial charge in [-0.25, -0.2) is 4.79 Å². The number of carbonyl (C=O) groups excluding carboxylic acids is 4. The SMILES string of the molecule is CCC(C)C(NC(=O)C(N)CC(N)=O)C(=O)NC(CCSC)C(=O)NC(CS)C(=O)O. The van der Waals surface area contributed by atoms with Crippen LogP contribution in [0, 0.1) is 5.92 Å². The normalized spacial score (nSPS) is 15.6. The van der Waals surface area contributed by atoms with Crippen molar-refractivity contribution in [3.63, 3.8) is 0 Å². The largest absolute Gasteiger partial charge is 0.480 e. The molecule has 0 heterocycles. The molecule has 31 heavy (non-hydrogen) atoms. The first-order valence-electron chi connectivity index (χ1n) is 9.75. The van der Waals surface area contributed by atoms with Crippen molar-refractivity contribution in [1.82, 2.24) is 16.0 Å². The van der Waals surface area contributed by atoms with Gasteiger partial charge in [-0.15, -0.1) is 0 Å². The fraction of sp³-hybridized carbons (Fsp3) is 0.722. The summed E-state index contributed by atoms with van der Waals surface area (Å²) in [7, 11) is 0. The predicted molar refractivity (Wildman–Crippen MR) is 122 cm³/mol. The van der Waals surface area contributed by atoms with E-state index >= 15 is 0 Å². The zero-order chi connectivity index (χ0) is 24.1. The molecule has 0 aromatic carbocycles. The summed E-state index contributed by atoms with van der Waals surface area (Å²) in [5.41, 5.74) is 10.7. The molecule has 5 unspecified atom stereocenters. The van der Waals surface area contributed by atoms with E-state index in [2.05, 4.69) is 28.6 Å². The van der Waals surface area contributed by atoms with Gasteiger partial charge in [-0.1, -0.05) is 20.3 Å². The number of thioether (sulfide) groups is 1. The highest BCUT2D eigenvalue weighted by atomic mass is 32.2. The van der Waals surface area contributed by atoms with Crippen LogP contribution in [-0.2, 0) is 24.0 Å². The number of nitrogens with two attached hydrogens (primary N) is 2. The highest BCUT2D eigenvalue weighted by molar-refractivity contribution is 7.98. The summed E-state index contributed by atoms with van der Waals surface area (Å²) < 4.78 is 0. The maximum atomic E-state index is 12.9. The third kappa shape index (κ3) is 10.7. The van der Waals surface area contributed by atoms with Crippen LogP contribution in [0.3, 0.4) is 0 Å². The molecule has 8 N–H and O–H groups in total. The highest BCUT2D eigenvalue weighted by Gasteiger charge is 2.32. The first-order chi connectivity index (χ1) is 14.5. The Morgan fingerprint density at radius 3 is 2.06 bits per heavy atom. The summed E-state index contributed by atoms with van der Waals surface area (Å²) in [6.07, 6.45) is 2.23. The molecule has 0 saturated heterocycles. The molecular formula is C18H33N5O6S2. The monoisotopic (exact) mass is 479 g/mol. The zero-order valence-corrected chi connectivity index (χ0v) is 19.6. The Kier molecular flexibility index (Phi) is 14.0. The van der Waals surface area contributed by atoms with E-state index in [0.717, 1.165) is 0 Å². The quantitative estimate of drug-likeness (QED) is 0.137. The van der Waals surface area contributed by atoms with Gasteiger partial charge in [0, 0.05) is 5.75 Å². The number of thiol groups is 1. The van der Waals surface area contributed by atoms with E-state index in [4.69, 9.17) is 16.6 Å². The van der Waals surface area contributed by atoms with Gasteiger partial charge in [-0.05, 0) is 24.3 Å². The Morgan fingerprint density at radius 2 is 1.61 bits per heavy atom. The number of carboxylic acids is 1. The second kappa shape index (κ2) is 14.9. The fourth-order valence-corrected chi connectivity index (χ4v) is 3.21. The Balaban J connectivity index is 5.43. The Morgan fingerprint density at radius 1 is 1.03 bits per heavy atom. The minimum Gasteiger partial charge on any atom is -0.480 e. The van der Waals surface area contributed by atoms with Crippen molar-refractivity contribution in [3.8, 4) is 0 Å². The maximum Gasteiger partial charge on any atom is 0.327 e. The fourth-order valence-electron chi connectivity index (χ4n) is 2.50. The minimum atomic E-state index is -1.24. The van der Waals surface area contributed by atoms with Crippen LogP contribution in [0.15, 0.2) is 0 Å². The molecule has 0 radical (unpaired) electrons. The topological polar surface area (TPSA) is 194 Å². The van der Waals surface area contributed by atoms with Crippen molar-refractivity contribution < 1.29 is 29.1 Å². The molecule has 0 saturated carbocycles. The van der Waals surface area contributed by atoms with Crippen LogP contribution >= 0.6 is 24.4 Å². The maximum absolute atomic E-state index is 12.9. The van der Waals surface area contributed by atoms with Gasteiger partial charge in [-0.2, -0.15) is 24.4 Å². The van der Waals surface area contributed by atoms with E-state index in [0.29, 0.717) is 12.2 Å². The van der Waals surface area contributed by atoms with E-state index in [-0.39, 0.29) is 24.5 Å². The summed E-state index contributed by atoms with van der Waals surface area (Å²) in [4.78, 5) is 60.0. The summed E-state index contributed by atoms with van der Waals surface area (Å²) in [5, 5.41) is 16.6. The van der Waals surface area contributed by atoms with Gasteiger partial charge < -0.3 is 32.5 Å². The number of amides is 4. The molecule has 0 aromatic heterocycles. The van der Waals surface area contributed by atoms with Crippen LogP contribution in [0.4, 0.5) is 0 Å². The number of nitrogens with one attached hydrogen (secondary N) is 3. The lowest BCUT2D eigenvalue weighted by molar-refractivity contribution is -0.141. The van der Waals surface area contributed by atoms with Gasteiger partial charge in [0.05, 0.1) is 12.5 Å². The molecule has 0 aliphatic carbocycles. The molecule has 0 aromatic rings. The van der Waals surface area contributed by atoms with E-state index < -0.39 is 53.8 Å². The lowest BCUT2D eigenvalue weighted by atomic mass is 9.97. The Bertz CT molecular complexity index is 651. The average molecular weight is 480 g/mol. The predicted octanol–water partition coefficient (Wildman–Crippen LogP) is -1.54. The van der Waals surface area contributed by atoms with Crippen LogP contribution in [0.5, 0.6) is 0 Å². The lowest BCUT2D eigenvalue weighted by Gasteiger charge is -2.27. The van der Waals surface area contributed by atoms with Crippen molar-refractivity contribution in [2.45, 2.75) is 57.3 Å². The number of rotatable bonds is 15. The molecule has 11 nitrogen and oxygen atoms in total. The van der Waals surface area contributed by atoms with Crippen molar-refractivity contribution >= 4 is 54.0 Å². The summed E-state index contributed by atoms with van der Waals surface area (Å²) >= 11 is 5.36. The van der Waals surface area contributed by atoms with Crippen LogP contribution in [0.25, 0.3) is 0 Å². The van der Waals surface area contributed by atoms with Crippen molar-refractivity contribution in [1.29, 1.82) is 0 Å². The molecule has 0 spiro atoms. The number of carbonyl (C=O) groups is 5.